The first-order valence-electron chi connectivity index (χ1n) is 2.25. The van der Waals surface area contributed by atoms with Crippen LogP contribution in [0, 0.1) is 141 Å². The molecule has 0 heterocycles. The van der Waals surface area contributed by atoms with Gasteiger partial charge in [-0.15, -0.1) is 0 Å². The van der Waals surface area contributed by atoms with Crippen molar-refractivity contribution in [1.29, 1.82) is 31.6 Å². The molecule has 0 aliphatic rings. The molecule has 6 nitrogen and oxygen atoms in total. The average molecular weight is 760 g/mol. The summed E-state index contributed by atoms with van der Waals surface area (Å²) in [6.07, 6.45) is 0. The quantitative estimate of drug-likeness (QED) is 0.321. The van der Waals surface area contributed by atoms with Crippen molar-refractivity contribution >= 4 is 0 Å². The number of nitriles is 6. The molecular weight excluding hydrogens is 760 g/mol. The Balaban J connectivity index is -0.0000000400. The van der Waals surface area contributed by atoms with E-state index >= 15 is 0 Å². The maximum Gasteiger partial charge on any atom is 3.00 e. The Hall–Kier alpha value is 1.91. The van der Waals surface area contributed by atoms with Crippen LogP contribution in [0.2, 0.25) is 0 Å². The second-order valence-corrected chi connectivity index (χ2v) is 3.73. The van der Waals surface area contributed by atoms with E-state index in [4.69, 9.17) is 31.6 Å². The molecule has 0 spiro atoms. The molecule has 0 aromatic rings. The normalized spacial score (nSPS) is 4.59. The molecule has 11 heteroatoms. The van der Waals surface area contributed by atoms with Crippen LogP contribution >= 0.6 is 0 Å². The maximum atomic E-state index is 7.61. The molecule has 0 aliphatic carbocycles. The molecule has 0 atom stereocenters. The van der Waals surface area contributed by atoms with Gasteiger partial charge in [-0.05, 0) is 0 Å². The summed E-state index contributed by atoms with van der Waals surface area (Å²) in [7, 11) is 0. The minimum atomic E-state index is -0.207. The van der Waals surface area contributed by atoms with Crippen molar-refractivity contribution in [3.05, 3.63) is 0 Å². The van der Waals surface area contributed by atoms with Gasteiger partial charge in [-0.3, -0.25) is 0 Å². The van der Waals surface area contributed by atoms with E-state index in [1.807, 2.05) is 0 Å². The largest absolute Gasteiger partial charge is 3.00 e. The van der Waals surface area contributed by atoms with Gasteiger partial charge in [0.1, 0.15) is 0 Å². The molecule has 0 aromatic heterocycles. The second kappa shape index (κ2) is 43.0. The Morgan fingerprint density at radius 3 is 0.529 bits per heavy atom. The summed E-state index contributed by atoms with van der Waals surface area (Å²) >= 11 is -0.620. The molecule has 0 saturated carbocycles. The van der Waals surface area contributed by atoms with E-state index in [-0.39, 0.29) is 143 Å². The molecule has 0 aromatic carbocycles. The minimum Gasteiger partial charge on any atom is 3.00 e. The van der Waals surface area contributed by atoms with Crippen molar-refractivity contribution in [2.75, 3.05) is 0 Å². The fourth-order valence-electron chi connectivity index (χ4n) is 0.0452. The molecule has 0 N–H and O–H groups in total. The summed E-state index contributed by atoms with van der Waals surface area (Å²) in [5, 5.41) is 45.6. The smallest absolute Gasteiger partial charge is 3.00 e. The van der Waals surface area contributed by atoms with Crippen LogP contribution in [0.5, 0.6) is 0 Å². The molecule has 0 bridgehead atoms. The van der Waals surface area contributed by atoms with E-state index in [9.17, 15) is 0 Å². The van der Waals surface area contributed by atoms with E-state index in [0.29, 0.717) is 0 Å². The Labute approximate surface area is 195 Å². The van der Waals surface area contributed by atoms with Crippen molar-refractivity contribution in [3.8, 4) is 25.7 Å². The maximum absolute atomic E-state index is 7.61. The van der Waals surface area contributed by atoms with Crippen LogP contribution in [-0.2, 0) is 59.3 Å². The summed E-state index contributed by atoms with van der Waals surface area (Å²) in [5.74, 6) is 0. The van der Waals surface area contributed by atoms with Crippen LogP contribution in [-0.4, -0.2) is 0 Å². The first-order chi connectivity index (χ1) is 7.24. The van der Waals surface area contributed by atoms with Crippen molar-refractivity contribution in [3.63, 3.8) is 0 Å². The topological polar surface area (TPSA) is 143 Å². The van der Waals surface area contributed by atoms with Gasteiger partial charge in [0.05, 0.1) is 0 Å². The minimum absolute atomic E-state index is 0. The van der Waals surface area contributed by atoms with Gasteiger partial charge in [0, 0.05) is 0 Å². The van der Waals surface area contributed by atoms with E-state index in [1.165, 1.54) is 0 Å². The van der Waals surface area contributed by atoms with Gasteiger partial charge < -0.3 is 0 Å². The first kappa shape index (κ1) is 31.4. The monoisotopic (exact) mass is 757 g/mol. The molecule has 0 saturated heterocycles. The zero-order valence-electron chi connectivity index (χ0n) is 7.59. The zero-order valence-corrected chi connectivity index (χ0v) is 18.3. The molecule has 0 aliphatic heterocycles. The van der Waals surface area contributed by atoms with E-state index in [0.717, 1.165) is 0 Å². The van der Waals surface area contributed by atoms with Crippen LogP contribution in [0.15, 0.2) is 0 Å². The first-order valence-corrected chi connectivity index (χ1v) is 6.69. The molecule has 0 rings (SSSR count). The third-order valence-electron chi connectivity index (χ3n) is 0.202. The van der Waals surface area contributed by atoms with Crippen LogP contribution in [0.3, 0.4) is 0 Å². The van der Waals surface area contributed by atoms with Crippen LogP contribution in [0.4, 0.5) is 0 Å². The Kier molecular flexibility index (Phi) is 79.3. The van der Waals surface area contributed by atoms with Crippen LogP contribution < -0.4 is 0 Å². The summed E-state index contributed by atoms with van der Waals surface area (Å²) in [5.41, 5.74) is 0. The Morgan fingerprint density at radius 2 is 0.529 bits per heavy atom. The third-order valence-corrected chi connectivity index (χ3v) is 1.20. The molecule has 17 heavy (non-hydrogen) atoms. The van der Waals surface area contributed by atoms with Crippen molar-refractivity contribution in [1.82, 2.24) is 0 Å². The Morgan fingerprint density at radius 1 is 0.412 bits per heavy atom. The summed E-state index contributed by atoms with van der Waals surface area (Å²) in [6, 6.07) is 0. The SMILES string of the molecule is N#[C][Ag-2][C]#N.N#[C][Ag-2][C]#N.N#[C][Ag-2][C]#N.[Ce+3].[Ce+3]. The van der Waals surface area contributed by atoms with Crippen molar-refractivity contribution in [2.45, 2.75) is 0 Å². The van der Waals surface area contributed by atoms with Gasteiger partial charge in [0.2, 0.25) is 0 Å². The zero-order chi connectivity index (χ0) is 12.4. The van der Waals surface area contributed by atoms with Gasteiger partial charge in [0.15, 0.2) is 0 Å². The van der Waals surface area contributed by atoms with Gasteiger partial charge in [-0.2, -0.15) is 0 Å². The summed E-state index contributed by atoms with van der Waals surface area (Å²) in [6.45, 7) is 0. The number of hydrogen-bond acceptors (Lipinski definition) is 6. The molecular formula is C6Ag3Ce2N6. The predicted molar refractivity (Wildman–Crippen MR) is 33.7 cm³/mol. The fourth-order valence-corrected chi connectivity index (χ4v) is 0.268. The number of hydrogen-bond donors (Lipinski definition) is 0. The van der Waals surface area contributed by atoms with Crippen LogP contribution in [0.25, 0.3) is 0 Å². The number of nitrogens with zero attached hydrogens (tertiary/aromatic N) is 6. The number of rotatable bonds is 0. The van der Waals surface area contributed by atoms with Crippen LogP contribution in [0.1, 0.15) is 0 Å². The fraction of sp³-hybridized carbons (Fsp3) is 0. The van der Waals surface area contributed by atoms with E-state index < -0.39 is 0 Å². The van der Waals surface area contributed by atoms with Crippen molar-refractivity contribution in [2.24, 2.45) is 0 Å². The van der Waals surface area contributed by atoms with Gasteiger partial charge in [0.25, 0.3) is 0 Å². The third kappa shape index (κ3) is 72.4. The average Bonchev–Trinajstić information content (AvgIpc) is 2.23. The molecule has 0 unspecified atom stereocenters. The molecule has 2 radical (unpaired) electrons. The molecule has 95 valence electrons. The van der Waals surface area contributed by atoms with E-state index in [1.54, 1.807) is 25.7 Å². The van der Waals surface area contributed by atoms with Crippen molar-refractivity contribution < 1.29 is 143 Å². The second-order valence-electron chi connectivity index (χ2n) is 0.631. The molecule has 0 fully saturated rings. The predicted octanol–water partition coefficient (Wildman–Crippen LogP) is 0.0932. The Bertz CT molecular complexity index is 289. The van der Waals surface area contributed by atoms with Gasteiger partial charge in [-0.1, -0.05) is 0 Å². The standard InChI is InChI=1S/6CN.3Ag.2Ce/c6*1-2;;;;;/q;;;;;;3*-2;2*+3. The molecule has 0 amide bonds. The van der Waals surface area contributed by atoms with Gasteiger partial charge >= 0.3 is 200 Å². The van der Waals surface area contributed by atoms with Gasteiger partial charge in [-0.25, -0.2) is 0 Å². The van der Waals surface area contributed by atoms with E-state index in [2.05, 4.69) is 0 Å². The summed E-state index contributed by atoms with van der Waals surface area (Å²) in [4.78, 5) is 0. The summed E-state index contributed by atoms with van der Waals surface area (Å²) < 4.78 is 10.1.